The molecule has 0 aliphatic rings. The second kappa shape index (κ2) is 14.1. The van der Waals surface area contributed by atoms with Crippen LogP contribution in [-0.2, 0) is 25.7 Å². The monoisotopic (exact) mass is 488 g/mol. The third-order valence-corrected chi connectivity index (χ3v) is 6.82. The lowest BCUT2D eigenvalue weighted by Gasteiger charge is -2.40. The van der Waals surface area contributed by atoms with Crippen molar-refractivity contribution in [2.45, 2.75) is 95.7 Å². The number of aliphatic hydroxyl groups excluding tert-OH is 5. The molecule has 0 aliphatic carbocycles. The van der Waals surface area contributed by atoms with E-state index < -0.39 is 36.6 Å². The molecule has 0 radical (unpaired) electrons. The average Bonchev–Trinajstić information content (AvgIpc) is 2.85. The maximum absolute atomic E-state index is 11.2. The molecule has 35 heavy (non-hydrogen) atoms. The summed E-state index contributed by atoms with van der Waals surface area (Å²) < 4.78 is 0. The summed E-state index contributed by atoms with van der Waals surface area (Å²) in [5.41, 5.74) is 1.94. The molecule has 6 heteroatoms. The van der Waals surface area contributed by atoms with Crippen molar-refractivity contribution >= 4 is 0 Å². The summed E-state index contributed by atoms with van der Waals surface area (Å²) in [6.45, 7) is 5.38. The lowest BCUT2D eigenvalue weighted by atomic mass is 9.79. The van der Waals surface area contributed by atoms with Crippen LogP contribution < -0.4 is 0 Å². The van der Waals surface area contributed by atoms with E-state index >= 15 is 0 Å². The first-order valence-electron chi connectivity index (χ1n) is 12.9. The SMILES string of the molecule is CCCc1ccc(CC(C)CC(O)[C@H](O)[C@@H](O)[C@@](O)(Cc2ccc(CCC)cc2)[C@H](O)CO)cc1. The molecular formula is C29H44O6. The zero-order valence-electron chi connectivity index (χ0n) is 21.3. The average molecular weight is 489 g/mol. The topological polar surface area (TPSA) is 121 Å². The van der Waals surface area contributed by atoms with Crippen molar-refractivity contribution in [3.05, 3.63) is 70.8 Å². The van der Waals surface area contributed by atoms with Crippen LogP contribution in [0.15, 0.2) is 48.5 Å². The number of hydrogen-bond acceptors (Lipinski definition) is 6. The molecule has 0 heterocycles. The van der Waals surface area contributed by atoms with Gasteiger partial charge >= 0.3 is 0 Å². The summed E-state index contributed by atoms with van der Waals surface area (Å²) >= 11 is 0. The van der Waals surface area contributed by atoms with Crippen molar-refractivity contribution in [1.29, 1.82) is 0 Å². The Balaban J connectivity index is 2.05. The highest BCUT2D eigenvalue weighted by Gasteiger charge is 2.47. The summed E-state index contributed by atoms with van der Waals surface area (Å²) in [6.07, 6.45) is -1.84. The molecule has 6 N–H and O–H groups in total. The Kier molecular flexibility index (Phi) is 11.8. The summed E-state index contributed by atoms with van der Waals surface area (Å²) in [6, 6.07) is 15.8. The van der Waals surface area contributed by atoms with E-state index in [0.717, 1.165) is 36.8 Å². The maximum atomic E-state index is 11.2. The maximum Gasteiger partial charge on any atom is 0.125 e. The lowest BCUT2D eigenvalue weighted by molar-refractivity contribution is -0.200. The molecule has 2 aromatic rings. The van der Waals surface area contributed by atoms with Gasteiger partial charge < -0.3 is 30.6 Å². The van der Waals surface area contributed by atoms with Crippen LogP contribution in [0.5, 0.6) is 0 Å². The van der Waals surface area contributed by atoms with Crippen LogP contribution in [0, 0.1) is 5.92 Å². The molecule has 0 amide bonds. The molecule has 0 aromatic heterocycles. The Hall–Kier alpha value is -1.80. The van der Waals surface area contributed by atoms with Gasteiger partial charge in [0.05, 0.1) is 12.7 Å². The third-order valence-electron chi connectivity index (χ3n) is 6.82. The first kappa shape index (κ1) is 29.4. The second-order valence-corrected chi connectivity index (χ2v) is 10.0. The molecular weight excluding hydrogens is 444 g/mol. The minimum Gasteiger partial charge on any atom is -0.394 e. The Morgan fingerprint density at radius 2 is 1.20 bits per heavy atom. The molecule has 0 saturated carbocycles. The Morgan fingerprint density at radius 3 is 1.66 bits per heavy atom. The number of aryl methyl sites for hydroxylation is 2. The highest BCUT2D eigenvalue weighted by molar-refractivity contribution is 5.25. The third kappa shape index (κ3) is 8.38. The van der Waals surface area contributed by atoms with Crippen molar-refractivity contribution in [3.63, 3.8) is 0 Å². The van der Waals surface area contributed by atoms with E-state index in [1.165, 1.54) is 5.56 Å². The highest BCUT2D eigenvalue weighted by atomic mass is 16.4. The number of aliphatic hydroxyl groups is 6. The van der Waals surface area contributed by atoms with Crippen molar-refractivity contribution < 1.29 is 30.6 Å². The minimum atomic E-state index is -2.24. The van der Waals surface area contributed by atoms with Crippen molar-refractivity contribution in [1.82, 2.24) is 0 Å². The van der Waals surface area contributed by atoms with Gasteiger partial charge in [0.25, 0.3) is 0 Å². The van der Waals surface area contributed by atoms with Gasteiger partial charge in [-0.05, 0) is 53.9 Å². The first-order chi connectivity index (χ1) is 16.6. The normalized spacial score (nSPS) is 17.9. The standard InChI is InChI=1S/C29H44O6/c1-4-6-21-8-12-23(13-9-21)16-20(3)17-25(31)27(33)28(34)29(35,26(32)19-30)18-24-14-10-22(7-5-2)11-15-24/h8-15,20,25-28,30-35H,4-7,16-19H2,1-3H3/t20?,25?,26-,27+,28-,29-/m1/s1. The van der Waals surface area contributed by atoms with Gasteiger partial charge in [0.1, 0.15) is 23.9 Å². The Morgan fingerprint density at radius 1 is 0.743 bits per heavy atom. The Labute approximate surface area is 209 Å². The van der Waals surface area contributed by atoms with Crippen LogP contribution in [0.3, 0.4) is 0 Å². The smallest absolute Gasteiger partial charge is 0.125 e. The molecule has 0 aliphatic heterocycles. The Bertz CT molecular complexity index is 852. The van der Waals surface area contributed by atoms with E-state index in [1.807, 2.05) is 19.1 Å². The van der Waals surface area contributed by atoms with Crippen molar-refractivity contribution in [3.8, 4) is 0 Å². The van der Waals surface area contributed by atoms with Gasteiger partial charge in [-0.1, -0.05) is 82.1 Å². The van der Waals surface area contributed by atoms with Gasteiger partial charge in [-0.2, -0.15) is 0 Å². The zero-order chi connectivity index (χ0) is 26.0. The summed E-state index contributed by atoms with van der Waals surface area (Å²) in [5, 5.41) is 63.3. The molecule has 2 rings (SSSR count). The molecule has 0 fully saturated rings. The summed E-state index contributed by atoms with van der Waals surface area (Å²) in [5.74, 6) is 0.00541. The van der Waals surface area contributed by atoms with Crippen molar-refractivity contribution in [2.24, 2.45) is 5.92 Å². The van der Waals surface area contributed by atoms with E-state index in [9.17, 15) is 30.6 Å². The molecule has 0 saturated heterocycles. The van der Waals surface area contributed by atoms with Crippen LogP contribution in [0.2, 0.25) is 0 Å². The lowest BCUT2D eigenvalue weighted by Crippen LogP contribution is -2.61. The quantitative estimate of drug-likeness (QED) is 0.229. The van der Waals surface area contributed by atoms with E-state index in [2.05, 4.69) is 38.1 Å². The van der Waals surface area contributed by atoms with E-state index in [4.69, 9.17) is 0 Å². The predicted octanol–water partition coefficient (Wildman–Crippen LogP) is 2.57. The molecule has 0 spiro atoms. The minimum absolute atomic E-state index is 0.00541. The van der Waals surface area contributed by atoms with Crippen LogP contribution in [-0.4, -0.2) is 67.3 Å². The van der Waals surface area contributed by atoms with Gasteiger partial charge in [-0.25, -0.2) is 0 Å². The van der Waals surface area contributed by atoms with Crippen LogP contribution in [0.4, 0.5) is 0 Å². The second-order valence-electron chi connectivity index (χ2n) is 10.0. The van der Waals surface area contributed by atoms with Gasteiger partial charge in [-0.15, -0.1) is 0 Å². The van der Waals surface area contributed by atoms with E-state index in [-0.39, 0.29) is 18.8 Å². The van der Waals surface area contributed by atoms with E-state index in [1.54, 1.807) is 12.1 Å². The van der Waals surface area contributed by atoms with E-state index in [0.29, 0.717) is 12.0 Å². The molecule has 6 atom stereocenters. The molecule has 6 nitrogen and oxygen atoms in total. The van der Waals surface area contributed by atoms with Gasteiger partial charge in [-0.3, -0.25) is 0 Å². The van der Waals surface area contributed by atoms with Crippen LogP contribution >= 0.6 is 0 Å². The van der Waals surface area contributed by atoms with Gasteiger partial charge in [0.2, 0.25) is 0 Å². The predicted molar refractivity (Wildman–Crippen MR) is 138 cm³/mol. The highest BCUT2D eigenvalue weighted by Crippen LogP contribution is 2.27. The molecule has 196 valence electrons. The fourth-order valence-corrected chi connectivity index (χ4v) is 4.69. The summed E-state index contributed by atoms with van der Waals surface area (Å²) in [4.78, 5) is 0. The van der Waals surface area contributed by atoms with Gasteiger partial charge in [0, 0.05) is 6.42 Å². The number of benzene rings is 2. The summed E-state index contributed by atoms with van der Waals surface area (Å²) in [7, 11) is 0. The van der Waals surface area contributed by atoms with Crippen LogP contribution in [0.25, 0.3) is 0 Å². The molecule has 0 bridgehead atoms. The number of hydrogen-bond donors (Lipinski definition) is 6. The largest absolute Gasteiger partial charge is 0.394 e. The molecule has 2 unspecified atom stereocenters. The zero-order valence-corrected chi connectivity index (χ0v) is 21.3. The van der Waals surface area contributed by atoms with Crippen molar-refractivity contribution in [2.75, 3.05) is 6.61 Å². The first-order valence-corrected chi connectivity index (χ1v) is 12.9. The number of rotatable bonds is 15. The fourth-order valence-electron chi connectivity index (χ4n) is 4.69. The fraction of sp³-hybridized carbons (Fsp3) is 0.586. The molecule has 2 aromatic carbocycles. The van der Waals surface area contributed by atoms with Crippen LogP contribution in [0.1, 0.15) is 62.3 Å². The van der Waals surface area contributed by atoms with Gasteiger partial charge in [0.15, 0.2) is 0 Å².